The molecule has 128 valence electrons. The summed E-state index contributed by atoms with van der Waals surface area (Å²) in [5, 5.41) is 2.97. The maximum Gasteiger partial charge on any atom is 0.254 e. The lowest BCUT2D eigenvalue weighted by atomic mass is 10.2. The van der Waals surface area contributed by atoms with Crippen molar-refractivity contribution in [1.82, 2.24) is 15.1 Å². The fourth-order valence-electron chi connectivity index (χ4n) is 3.06. The molecular weight excluding hydrogens is 302 g/mol. The molecule has 1 aromatic heterocycles. The Balaban J connectivity index is 1.35. The van der Waals surface area contributed by atoms with Crippen molar-refractivity contribution in [2.24, 2.45) is 0 Å². The molecule has 0 aliphatic carbocycles. The number of aryl methyl sites for hydroxylation is 1. The molecule has 1 aliphatic heterocycles. The van der Waals surface area contributed by atoms with Crippen molar-refractivity contribution < 1.29 is 9.21 Å². The molecule has 1 fully saturated rings. The molecule has 1 saturated heterocycles. The minimum absolute atomic E-state index is 0.0519. The molecular formula is C19H25N3O2. The van der Waals surface area contributed by atoms with Gasteiger partial charge in [0, 0.05) is 45.8 Å². The summed E-state index contributed by atoms with van der Waals surface area (Å²) in [4.78, 5) is 16.9. The number of nitrogens with zero attached hydrogens (tertiary/aromatic N) is 2. The van der Waals surface area contributed by atoms with Gasteiger partial charge in [0.15, 0.2) is 0 Å². The van der Waals surface area contributed by atoms with Crippen LogP contribution in [-0.2, 0) is 6.54 Å². The second-order valence-corrected chi connectivity index (χ2v) is 6.25. The van der Waals surface area contributed by atoms with Crippen LogP contribution in [0.4, 0.5) is 0 Å². The largest absolute Gasteiger partial charge is 0.469 e. The number of hydrogen-bond acceptors (Lipinski definition) is 4. The van der Waals surface area contributed by atoms with E-state index in [0.717, 1.165) is 39.3 Å². The number of nitrogens with one attached hydrogen (secondary N) is 1. The highest BCUT2D eigenvalue weighted by atomic mass is 16.3. The summed E-state index contributed by atoms with van der Waals surface area (Å²) < 4.78 is 5.17. The first kappa shape index (κ1) is 16.7. The number of piperazine rings is 1. The smallest absolute Gasteiger partial charge is 0.254 e. The highest BCUT2D eigenvalue weighted by Crippen LogP contribution is 2.09. The van der Waals surface area contributed by atoms with Crippen molar-refractivity contribution in [2.75, 3.05) is 39.3 Å². The lowest BCUT2D eigenvalue weighted by molar-refractivity contribution is 0.0932. The van der Waals surface area contributed by atoms with Crippen LogP contribution in [0.15, 0.2) is 47.1 Å². The summed E-state index contributed by atoms with van der Waals surface area (Å²) in [6.45, 7) is 8.63. The maximum absolute atomic E-state index is 12.0. The topological polar surface area (TPSA) is 48.7 Å². The van der Waals surface area contributed by atoms with Gasteiger partial charge in [-0.2, -0.15) is 0 Å². The van der Waals surface area contributed by atoms with Crippen LogP contribution in [0.1, 0.15) is 21.7 Å². The fraction of sp³-hybridized carbons (Fsp3) is 0.421. The Morgan fingerprint density at radius 1 is 1.08 bits per heavy atom. The fourth-order valence-corrected chi connectivity index (χ4v) is 3.06. The summed E-state index contributed by atoms with van der Waals surface area (Å²) >= 11 is 0. The summed E-state index contributed by atoms with van der Waals surface area (Å²) in [5.74, 6) is 0.617. The Morgan fingerprint density at radius 2 is 1.79 bits per heavy atom. The zero-order valence-corrected chi connectivity index (χ0v) is 14.2. The lowest BCUT2D eigenvalue weighted by Crippen LogP contribution is -2.48. The molecule has 0 atom stereocenters. The van der Waals surface area contributed by atoms with Gasteiger partial charge in [-0.3, -0.25) is 14.6 Å². The Bertz CT molecular complexity index is 646. The number of hydrogen-bond donors (Lipinski definition) is 1. The van der Waals surface area contributed by atoms with Crippen molar-refractivity contribution in [3.05, 3.63) is 59.5 Å². The molecule has 5 nitrogen and oxygen atoms in total. The molecule has 0 bridgehead atoms. The molecule has 5 heteroatoms. The van der Waals surface area contributed by atoms with Crippen molar-refractivity contribution in [1.29, 1.82) is 0 Å². The summed E-state index contributed by atoms with van der Waals surface area (Å²) in [5.41, 5.74) is 2.00. The van der Waals surface area contributed by atoms with Gasteiger partial charge in [-0.1, -0.05) is 30.3 Å². The van der Waals surface area contributed by atoms with Crippen molar-refractivity contribution in [3.8, 4) is 0 Å². The zero-order chi connectivity index (χ0) is 16.8. The molecule has 0 unspecified atom stereocenters. The Kier molecular flexibility index (Phi) is 5.67. The number of amides is 1. The predicted octanol–water partition coefficient (Wildman–Crippen LogP) is 2.14. The average molecular weight is 327 g/mol. The van der Waals surface area contributed by atoms with Crippen molar-refractivity contribution in [3.63, 3.8) is 0 Å². The van der Waals surface area contributed by atoms with Crippen LogP contribution in [0.25, 0.3) is 0 Å². The minimum Gasteiger partial charge on any atom is -0.469 e. The normalized spacial score (nSPS) is 16.2. The Labute approximate surface area is 143 Å². The molecule has 0 radical (unpaired) electrons. The van der Waals surface area contributed by atoms with Gasteiger partial charge in [-0.05, 0) is 18.6 Å². The molecule has 1 amide bonds. The standard InChI is InChI=1S/C19H25N3O2/c1-16-18(7-14-24-16)19(23)20-8-9-21-10-12-22(13-11-21)15-17-5-3-2-4-6-17/h2-7,14H,8-13,15H2,1H3,(H,20,23). The molecule has 2 aromatic rings. The van der Waals surface area contributed by atoms with Crippen LogP contribution in [0.3, 0.4) is 0 Å². The van der Waals surface area contributed by atoms with Gasteiger partial charge >= 0.3 is 0 Å². The number of carbonyl (C=O) groups is 1. The molecule has 3 rings (SSSR count). The van der Waals surface area contributed by atoms with E-state index in [1.807, 2.05) is 0 Å². The lowest BCUT2D eigenvalue weighted by Gasteiger charge is -2.34. The molecule has 24 heavy (non-hydrogen) atoms. The van der Waals surface area contributed by atoms with Crippen LogP contribution in [0, 0.1) is 6.92 Å². The van der Waals surface area contributed by atoms with Gasteiger partial charge in [0.25, 0.3) is 5.91 Å². The van der Waals surface area contributed by atoms with E-state index in [-0.39, 0.29) is 5.91 Å². The van der Waals surface area contributed by atoms with Gasteiger partial charge in [-0.25, -0.2) is 0 Å². The third-order valence-electron chi connectivity index (χ3n) is 4.53. The molecule has 0 saturated carbocycles. The second kappa shape index (κ2) is 8.13. The Hall–Kier alpha value is -2.11. The first-order chi connectivity index (χ1) is 11.7. The monoisotopic (exact) mass is 327 g/mol. The first-order valence-corrected chi connectivity index (χ1v) is 8.53. The van der Waals surface area contributed by atoms with E-state index in [4.69, 9.17) is 4.42 Å². The van der Waals surface area contributed by atoms with E-state index >= 15 is 0 Å². The van der Waals surface area contributed by atoms with Crippen molar-refractivity contribution in [2.45, 2.75) is 13.5 Å². The maximum atomic E-state index is 12.0. The van der Waals surface area contributed by atoms with Crippen molar-refractivity contribution >= 4 is 5.91 Å². The third-order valence-corrected chi connectivity index (χ3v) is 4.53. The number of furan rings is 1. The zero-order valence-electron chi connectivity index (χ0n) is 14.2. The molecule has 1 aliphatic rings. The average Bonchev–Trinajstić information content (AvgIpc) is 3.03. The van der Waals surface area contributed by atoms with Gasteiger partial charge in [-0.15, -0.1) is 0 Å². The van der Waals surface area contributed by atoms with Gasteiger partial charge in [0.2, 0.25) is 0 Å². The second-order valence-electron chi connectivity index (χ2n) is 6.25. The predicted molar refractivity (Wildman–Crippen MR) is 93.9 cm³/mol. The van der Waals surface area contributed by atoms with Crippen LogP contribution in [0.2, 0.25) is 0 Å². The van der Waals surface area contributed by atoms with Gasteiger partial charge < -0.3 is 9.73 Å². The quantitative estimate of drug-likeness (QED) is 0.883. The summed E-state index contributed by atoms with van der Waals surface area (Å²) in [6, 6.07) is 12.3. The third kappa shape index (κ3) is 4.46. The molecule has 1 aromatic carbocycles. The SMILES string of the molecule is Cc1occc1C(=O)NCCN1CCN(Cc2ccccc2)CC1. The van der Waals surface area contributed by atoms with Crippen LogP contribution in [0.5, 0.6) is 0 Å². The van der Waals surface area contributed by atoms with Crippen LogP contribution < -0.4 is 5.32 Å². The van der Waals surface area contributed by atoms with Crippen LogP contribution in [-0.4, -0.2) is 55.0 Å². The molecule has 0 spiro atoms. The Morgan fingerprint density at radius 3 is 2.46 bits per heavy atom. The highest BCUT2D eigenvalue weighted by Gasteiger charge is 2.17. The molecule has 1 N–H and O–H groups in total. The summed E-state index contributed by atoms with van der Waals surface area (Å²) in [7, 11) is 0. The van der Waals surface area contributed by atoms with Crippen LogP contribution >= 0.6 is 0 Å². The van der Waals surface area contributed by atoms with E-state index < -0.39 is 0 Å². The van der Waals surface area contributed by atoms with E-state index in [2.05, 4.69) is 45.4 Å². The van der Waals surface area contributed by atoms with E-state index in [0.29, 0.717) is 17.9 Å². The number of carbonyl (C=O) groups excluding carboxylic acids is 1. The number of benzene rings is 1. The van der Waals surface area contributed by atoms with Gasteiger partial charge in [0.05, 0.1) is 11.8 Å². The minimum atomic E-state index is -0.0519. The number of rotatable bonds is 6. The van der Waals surface area contributed by atoms with Gasteiger partial charge in [0.1, 0.15) is 5.76 Å². The molecule has 2 heterocycles. The van der Waals surface area contributed by atoms with E-state index in [9.17, 15) is 4.79 Å². The van der Waals surface area contributed by atoms with E-state index in [1.54, 1.807) is 19.3 Å². The summed E-state index contributed by atoms with van der Waals surface area (Å²) in [6.07, 6.45) is 1.55. The highest BCUT2D eigenvalue weighted by molar-refractivity contribution is 5.94. The first-order valence-electron chi connectivity index (χ1n) is 8.53. The van der Waals surface area contributed by atoms with E-state index in [1.165, 1.54) is 5.56 Å².